The van der Waals surface area contributed by atoms with Crippen LogP contribution < -0.4 is 11.1 Å². The van der Waals surface area contributed by atoms with Crippen molar-refractivity contribution in [3.8, 4) is 0 Å². The highest BCUT2D eigenvalue weighted by molar-refractivity contribution is 5.82. The van der Waals surface area contributed by atoms with Gasteiger partial charge in [-0.1, -0.05) is 30.3 Å². The number of hydrogen-bond acceptors (Lipinski definition) is 4. The number of anilines is 1. The van der Waals surface area contributed by atoms with Crippen molar-refractivity contribution < 1.29 is 4.79 Å². The first kappa shape index (κ1) is 15.5. The number of carbonyl (C=O) groups is 1. The lowest BCUT2D eigenvalue weighted by Gasteiger charge is -2.28. The second kappa shape index (κ2) is 7.24. The van der Waals surface area contributed by atoms with Gasteiger partial charge in [0.25, 0.3) is 0 Å². The van der Waals surface area contributed by atoms with Gasteiger partial charge >= 0.3 is 0 Å². The van der Waals surface area contributed by atoms with E-state index >= 15 is 0 Å². The first-order valence-electron chi connectivity index (χ1n) is 7.98. The maximum absolute atomic E-state index is 12.5. The SMILES string of the molecule is Nc1cc(CN2CCCNC(=O)[C@H]2Cc2ccccc2)ccn1. The summed E-state index contributed by atoms with van der Waals surface area (Å²) in [6.45, 7) is 2.33. The number of carbonyl (C=O) groups excluding carboxylic acids is 1. The minimum Gasteiger partial charge on any atom is -0.384 e. The van der Waals surface area contributed by atoms with E-state index in [0.717, 1.165) is 25.1 Å². The molecule has 1 aromatic carbocycles. The van der Waals surface area contributed by atoms with Crippen molar-refractivity contribution in [3.05, 3.63) is 59.8 Å². The summed E-state index contributed by atoms with van der Waals surface area (Å²) >= 11 is 0. The molecule has 1 aromatic heterocycles. The Morgan fingerprint density at radius 3 is 2.83 bits per heavy atom. The zero-order chi connectivity index (χ0) is 16.1. The molecule has 1 fully saturated rings. The molecule has 1 aliphatic heterocycles. The smallest absolute Gasteiger partial charge is 0.237 e. The van der Waals surface area contributed by atoms with Crippen molar-refractivity contribution in [1.82, 2.24) is 15.2 Å². The summed E-state index contributed by atoms with van der Waals surface area (Å²) in [4.78, 5) is 18.8. The minimum absolute atomic E-state index is 0.105. The summed E-state index contributed by atoms with van der Waals surface area (Å²) < 4.78 is 0. The third-order valence-corrected chi connectivity index (χ3v) is 4.17. The molecule has 3 N–H and O–H groups in total. The normalized spacial score (nSPS) is 19.1. The highest BCUT2D eigenvalue weighted by Gasteiger charge is 2.28. The van der Waals surface area contributed by atoms with Gasteiger partial charge in [0.05, 0.1) is 6.04 Å². The molecule has 1 saturated heterocycles. The van der Waals surface area contributed by atoms with Crippen LogP contribution in [0.25, 0.3) is 0 Å². The third kappa shape index (κ3) is 4.07. The van der Waals surface area contributed by atoms with E-state index in [0.29, 0.717) is 18.8 Å². The van der Waals surface area contributed by atoms with Gasteiger partial charge in [-0.15, -0.1) is 0 Å². The van der Waals surface area contributed by atoms with Gasteiger partial charge in [-0.2, -0.15) is 0 Å². The van der Waals surface area contributed by atoms with Gasteiger partial charge < -0.3 is 11.1 Å². The lowest BCUT2D eigenvalue weighted by molar-refractivity contribution is -0.125. The lowest BCUT2D eigenvalue weighted by atomic mass is 10.0. The van der Waals surface area contributed by atoms with E-state index in [9.17, 15) is 4.79 Å². The second-order valence-electron chi connectivity index (χ2n) is 5.91. The maximum atomic E-state index is 12.5. The average molecular weight is 310 g/mol. The fraction of sp³-hybridized carbons (Fsp3) is 0.333. The summed E-state index contributed by atoms with van der Waals surface area (Å²) in [7, 11) is 0. The van der Waals surface area contributed by atoms with Crippen LogP contribution in [0.5, 0.6) is 0 Å². The van der Waals surface area contributed by atoms with Crippen molar-refractivity contribution in [3.63, 3.8) is 0 Å². The van der Waals surface area contributed by atoms with Crippen molar-refractivity contribution >= 4 is 11.7 Å². The lowest BCUT2D eigenvalue weighted by Crippen LogP contribution is -2.45. The number of nitrogens with zero attached hydrogens (tertiary/aromatic N) is 2. The molecule has 1 aliphatic rings. The van der Waals surface area contributed by atoms with Crippen molar-refractivity contribution in [2.75, 3.05) is 18.8 Å². The van der Waals surface area contributed by atoms with Gasteiger partial charge in [-0.05, 0) is 36.1 Å². The monoisotopic (exact) mass is 310 g/mol. The van der Waals surface area contributed by atoms with E-state index in [1.165, 1.54) is 5.56 Å². The number of hydrogen-bond donors (Lipinski definition) is 2. The average Bonchev–Trinajstić information content (AvgIpc) is 2.72. The second-order valence-corrected chi connectivity index (χ2v) is 5.91. The van der Waals surface area contributed by atoms with Crippen LogP contribution in [0.3, 0.4) is 0 Å². The molecule has 5 heteroatoms. The van der Waals surface area contributed by atoms with E-state index in [4.69, 9.17) is 5.73 Å². The van der Waals surface area contributed by atoms with Gasteiger partial charge in [0.1, 0.15) is 5.82 Å². The molecule has 5 nitrogen and oxygen atoms in total. The quantitative estimate of drug-likeness (QED) is 0.900. The van der Waals surface area contributed by atoms with Gasteiger partial charge in [-0.25, -0.2) is 4.98 Å². The summed E-state index contributed by atoms with van der Waals surface area (Å²) in [5.41, 5.74) is 8.03. The molecule has 0 unspecified atom stereocenters. The molecule has 120 valence electrons. The Labute approximate surface area is 136 Å². The van der Waals surface area contributed by atoms with Crippen LogP contribution in [-0.2, 0) is 17.8 Å². The Hall–Kier alpha value is -2.40. The molecule has 0 bridgehead atoms. The van der Waals surface area contributed by atoms with Crippen LogP contribution in [0.4, 0.5) is 5.82 Å². The number of amides is 1. The van der Waals surface area contributed by atoms with E-state index in [1.54, 1.807) is 6.20 Å². The predicted molar refractivity (Wildman–Crippen MR) is 90.6 cm³/mol. The molecule has 1 atom stereocenters. The fourth-order valence-corrected chi connectivity index (χ4v) is 3.01. The molecule has 0 saturated carbocycles. The van der Waals surface area contributed by atoms with Gasteiger partial charge in [0, 0.05) is 25.8 Å². The van der Waals surface area contributed by atoms with Gasteiger partial charge in [-0.3, -0.25) is 9.69 Å². The van der Waals surface area contributed by atoms with Crippen LogP contribution in [0, 0.1) is 0 Å². The molecule has 1 amide bonds. The van der Waals surface area contributed by atoms with E-state index in [2.05, 4.69) is 27.3 Å². The largest absolute Gasteiger partial charge is 0.384 e. The van der Waals surface area contributed by atoms with Crippen LogP contribution in [0.15, 0.2) is 48.7 Å². The Balaban J connectivity index is 1.80. The summed E-state index contributed by atoms with van der Waals surface area (Å²) in [5.74, 6) is 0.620. The molecule has 23 heavy (non-hydrogen) atoms. The van der Waals surface area contributed by atoms with Gasteiger partial charge in [0.15, 0.2) is 0 Å². The Bertz CT molecular complexity index is 659. The van der Waals surface area contributed by atoms with Crippen LogP contribution in [0.1, 0.15) is 17.5 Å². The molecular weight excluding hydrogens is 288 g/mol. The minimum atomic E-state index is -0.158. The zero-order valence-corrected chi connectivity index (χ0v) is 13.1. The molecule has 2 heterocycles. The van der Waals surface area contributed by atoms with Crippen LogP contribution in [0.2, 0.25) is 0 Å². The van der Waals surface area contributed by atoms with Crippen LogP contribution >= 0.6 is 0 Å². The molecule has 0 radical (unpaired) electrons. The van der Waals surface area contributed by atoms with Crippen LogP contribution in [-0.4, -0.2) is 34.9 Å². The Morgan fingerprint density at radius 2 is 2.04 bits per heavy atom. The number of nitrogens with one attached hydrogen (secondary N) is 1. The zero-order valence-electron chi connectivity index (χ0n) is 13.1. The molecule has 3 rings (SSSR count). The number of nitrogens with two attached hydrogens (primary N) is 1. The van der Waals surface area contributed by atoms with Gasteiger partial charge in [0.2, 0.25) is 5.91 Å². The topological polar surface area (TPSA) is 71.2 Å². The highest BCUT2D eigenvalue weighted by Crippen LogP contribution is 2.16. The first-order valence-corrected chi connectivity index (χ1v) is 7.98. The van der Waals surface area contributed by atoms with E-state index in [1.807, 2.05) is 30.3 Å². The number of nitrogen functional groups attached to an aromatic ring is 1. The van der Waals surface area contributed by atoms with E-state index < -0.39 is 0 Å². The summed E-state index contributed by atoms with van der Waals surface area (Å²) in [5, 5.41) is 3.02. The summed E-state index contributed by atoms with van der Waals surface area (Å²) in [6, 6.07) is 13.8. The molecule has 2 aromatic rings. The highest BCUT2D eigenvalue weighted by atomic mass is 16.2. The number of pyridine rings is 1. The van der Waals surface area contributed by atoms with Crippen molar-refractivity contribution in [2.45, 2.75) is 25.4 Å². The summed E-state index contributed by atoms with van der Waals surface area (Å²) in [6.07, 6.45) is 3.39. The fourth-order valence-electron chi connectivity index (χ4n) is 3.01. The third-order valence-electron chi connectivity index (χ3n) is 4.17. The standard InChI is InChI=1S/C18H22N4O/c19-17-12-15(7-9-20-17)13-22-10-4-8-21-18(23)16(22)11-14-5-2-1-3-6-14/h1-3,5-7,9,12,16H,4,8,10-11,13H2,(H2,19,20)(H,21,23)/t16-/m1/s1. The molecular formula is C18H22N4O. The maximum Gasteiger partial charge on any atom is 0.237 e. The van der Waals surface area contributed by atoms with E-state index in [-0.39, 0.29) is 11.9 Å². The number of aromatic nitrogens is 1. The predicted octanol–water partition coefficient (Wildman–Crippen LogP) is 1.60. The Kier molecular flexibility index (Phi) is 4.88. The molecule has 0 aliphatic carbocycles. The molecule has 0 spiro atoms. The number of benzene rings is 1. The number of rotatable bonds is 4. The van der Waals surface area contributed by atoms with Crippen molar-refractivity contribution in [2.24, 2.45) is 0 Å². The first-order chi connectivity index (χ1) is 11.2. The van der Waals surface area contributed by atoms with Crippen molar-refractivity contribution in [1.29, 1.82) is 0 Å². The Morgan fingerprint density at radius 1 is 1.22 bits per heavy atom.